The van der Waals surface area contributed by atoms with Crippen LogP contribution in [0.1, 0.15) is 5.56 Å². The molecule has 18 heavy (non-hydrogen) atoms. The maximum Gasteiger partial charge on any atom is 0.157 e. The van der Waals surface area contributed by atoms with Crippen molar-refractivity contribution in [2.45, 2.75) is 0 Å². The number of aromatic amines is 1. The quantitative estimate of drug-likeness (QED) is 0.725. The minimum Gasteiger partial charge on any atom is -0.337 e. The Hall–Kier alpha value is -2.38. The average molecular weight is 255 g/mol. The van der Waals surface area contributed by atoms with Gasteiger partial charge >= 0.3 is 0 Å². The summed E-state index contributed by atoms with van der Waals surface area (Å²) in [5, 5.41) is 9.59. The van der Waals surface area contributed by atoms with E-state index in [1.54, 1.807) is 24.4 Å². The third-order valence-electron chi connectivity index (χ3n) is 2.60. The van der Waals surface area contributed by atoms with E-state index in [-0.39, 0.29) is 0 Å². The molecule has 4 nitrogen and oxygen atoms in total. The van der Waals surface area contributed by atoms with Gasteiger partial charge in [-0.05, 0) is 24.3 Å². The van der Waals surface area contributed by atoms with Gasteiger partial charge in [0.1, 0.15) is 17.3 Å². The first-order chi connectivity index (χ1) is 8.78. The van der Waals surface area contributed by atoms with Gasteiger partial charge in [0.2, 0.25) is 0 Å². The molecule has 86 valence electrons. The Labute approximate surface area is 108 Å². The molecule has 0 aliphatic heterocycles. The highest BCUT2D eigenvalue weighted by molar-refractivity contribution is 6.30. The Morgan fingerprint density at radius 3 is 2.83 bits per heavy atom. The molecule has 5 heteroatoms. The molecule has 2 aromatic heterocycles. The summed E-state index contributed by atoms with van der Waals surface area (Å²) in [6.45, 7) is 0. The fourth-order valence-electron chi connectivity index (χ4n) is 1.76. The summed E-state index contributed by atoms with van der Waals surface area (Å²) in [5.41, 5.74) is 2.72. The van der Waals surface area contributed by atoms with Gasteiger partial charge in [-0.1, -0.05) is 17.7 Å². The molecular formula is C13H7ClN4. The maximum atomic E-state index is 9.01. The van der Waals surface area contributed by atoms with Crippen LogP contribution in [0.5, 0.6) is 0 Å². The number of fused-ring (bicyclic) bond motifs is 1. The van der Waals surface area contributed by atoms with Crippen molar-refractivity contribution in [3.8, 4) is 17.6 Å². The summed E-state index contributed by atoms with van der Waals surface area (Å²) in [6.07, 6.45) is 1.56. The van der Waals surface area contributed by atoms with E-state index in [0.717, 1.165) is 5.52 Å². The zero-order valence-electron chi connectivity index (χ0n) is 9.18. The fraction of sp³-hybridized carbons (Fsp3) is 0. The van der Waals surface area contributed by atoms with Crippen LogP contribution < -0.4 is 0 Å². The SMILES string of the molecule is N#Cc1cccc2[nH]c(-c3ccc(Cl)cn3)nc12. The summed E-state index contributed by atoms with van der Waals surface area (Å²) < 4.78 is 0. The number of para-hydroxylation sites is 1. The number of pyridine rings is 1. The average Bonchev–Trinajstić information content (AvgIpc) is 2.83. The Morgan fingerprint density at radius 2 is 2.11 bits per heavy atom. The first-order valence-electron chi connectivity index (χ1n) is 5.28. The summed E-state index contributed by atoms with van der Waals surface area (Å²) in [5.74, 6) is 0.629. The molecule has 0 saturated carbocycles. The standard InChI is InChI=1S/C13H7ClN4/c14-9-4-5-11(16-7-9)13-17-10-3-1-2-8(6-15)12(10)18-13/h1-5,7H,(H,17,18). The maximum absolute atomic E-state index is 9.01. The first-order valence-corrected chi connectivity index (χ1v) is 5.66. The van der Waals surface area contributed by atoms with Gasteiger partial charge in [-0.3, -0.25) is 4.98 Å². The van der Waals surface area contributed by atoms with Crippen molar-refractivity contribution in [1.82, 2.24) is 15.0 Å². The number of nitrogens with zero attached hydrogens (tertiary/aromatic N) is 3. The van der Waals surface area contributed by atoms with Crippen molar-refractivity contribution in [2.75, 3.05) is 0 Å². The van der Waals surface area contributed by atoms with Crippen LogP contribution in [0.3, 0.4) is 0 Å². The number of halogens is 1. The molecule has 0 atom stereocenters. The second-order valence-corrected chi connectivity index (χ2v) is 4.20. The molecule has 0 radical (unpaired) electrons. The Balaban J connectivity index is 2.20. The largest absolute Gasteiger partial charge is 0.337 e. The highest BCUT2D eigenvalue weighted by atomic mass is 35.5. The van der Waals surface area contributed by atoms with E-state index in [2.05, 4.69) is 21.0 Å². The molecule has 0 bridgehead atoms. The first kappa shape index (κ1) is 10.8. The smallest absolute Gasteiger partial charge is 0.157 e. The summed E-state index contributed by atoms with van der Waals surface area (Å²) in [7, 11) is 0. The van der Waals surface area contributed by atoms with Crippen LogP contribution in [0.2, 0.25) is 5.02 Å². The number of imidazole rings is 1. The second kappa shape index (κ2) is 4.13. The van der Waals surface area contributed by atoms with Crippen LogP contribution >= 0.6 is 11.6 Å². The van der Waals surface area contributed by atoms with Crippen LogP contribution in [0, 0.1) is 11.3 Å². The number of benzene rings is 1. The van der Waals surface area contributed by atoms with Gasteiger partial charge in [0, 0.05) is 6.20 Å². The lowest BCUT2D eigenvalue weighted by Crippen LogP contribution is -1.84. The molecule has 0 saturated heterocycles. The van der Waals surface area contributed by atoms with Crippen LogP contribution in [-0.2, 0) is 0 Å². The van der Waals surface area contributed by atoms with Crippen LogP contribution in [0.4, 0.5) is 0 Å². The van der Waals surface area contributed by atoms with Gasteiger partial charge < -0.3 is 4.98 Å². The van der Waals surface area contributed by atoms with E-state index < -0.39 is 0 Å². The third kappa shape index (κ3) is 1.71. The van der Waals surface area contributed by atoms with Crippen molar-refractivity contribution in [2.24, 2.45) is 0 Å². The Kier molecular flexibility index (Phi) is 2.47. The monoisotopic (exact) mass is 254 g/mol. The lowest BCUT2D eigenvalue weighted by Gasteiger charge is -1.94. The number of nitrogens with one attached hydrogen (secondary N) is 1. The van der Waals surface area contributed by atoms with E-state index in [1.807, 2.05) is 12.1 Å². The normalized spacial score (nSPS) is 10.4. The molecule has 0 amide bonds. The molecule has 3 aromatic rings. The lowest BCUT2D eigenvalue weighted by molar-refractivity contribution is 1.24. The van der Waals surface area contributed by atoms with Crippen LogP contribution in [0.25, 0.3) is 22.6 Å². The predicted octanol–water partition coefficient (Wildman–Crippen LogP) is 3.15. The van der Waals surface area contributed by atoms with Gasteiger partial charge in [0.05, 0.1) is 16.1 Å². The number of hydrogen-bond donors (Lipinski definition) is 1. The molecular weight excluding hydrogens is 248 g/mol. The lowest BCUT2D eigenvalue weighted by atomic mass is 10.2. The van der Waals surface area contributed by atoms with Crippen LogP contribution in [-0.4, -0.2) is 15.0 Å². The van der Waals surface area contributed by atoms with Gasteiger partial charge in [0.15, 0.2) is 5.82 Å². The molecule has 0 fully saturated rings. The van der Waals surface area contributed by atoms with Crippen molar-refractivity contribution in [1.29, 1.82) is 5.26 Å². The molecule has 2 heterocycles. The van der Waals surface area contributed by atoms with E-state index in [4.69, 9.17) is 16.9 Å². The number of rotatable bonds is 1. The van der Waals surface area contributed by atoms with Crippen molar-refractivity contribution < 1.29 is 0 Å². The molecule has 0 aliphatic carbocycles. The Morgan fingerprint density at radius 1 is 1.22 bits per heavy atom. The molecule has 0 unspecified atom stereocenters. The minimum absolute atomic E-state index is 0.545. The number of hydrogen-bond acceptors (Lipinski definition) is 3. The summed E-state index contributed by atoms with van der Waals surface area (Å²) in [4.78, 5) is 11.7. The van der Waals surface area contributed by atoms with Crippen molar-refractivity contribution in [3.05, 3.63) is 47.1 Å². The van der Waals surface area contributed by atoms with Crippen molar-refractivity contribution >= 4 is 22.6 Å². The van der Waals surface area contributed by atoms with E-state index in [9.17, 15) is 0 Å². The zero-order valence-corrected chi connectivity index (χ0v) is 9.94. The van der Waals surface area contributed by atoms with Crippen molar-refractivity contribution in [3.63, 3.8) is 0 Å². The molecule has 1 N–H and O–H groups in total. The Bertz CT molecular complexity index is 753. The third-order valence-corrected chi connectivity index (χ3v) is 2.83. The van der Waals surface area contributed by atoms with E-state index in [1.165, 1.54) is 0 Å². The number of nitriles is 1. The van der Waals surface area contributed by atoms with Gasteiger partial charge in [-0.2, -0.15) is 5.26 Å². The zero-order chi connectivity index (χ0) is 12.5. The molecule has 0 spiro atoms. The van der Waals surface area contributed by atoms with Gasteiger partial charge in [-0.25, -0.2) is 4.98 Å². The van der Waals surface area contributed by atoms with Crippen LogP contribution in [0.15, 0.2) is 36.5 Å². The topological polar surface area (TPSA) is 65.4 Å². The van der Waals surface area contributed by atoms with Gasteiger partial charge in [0.25, 0.3) is 0 Å². The molecule has 3 rings (SSSR count). The predicted molar refractivity (Wildman–Crippen MR) is 69.0 cm³/mol. The fourth-order valence-corrected chi connectivity index (χ4v) is 1.87. The second-order valence-electron chi connectivity index (χ2n) is 3.76. The highest BCUT2D eigenvalue weighted by Gasteiger charge is 2.09. The highest BCUT2D eigenvalue weighted by Crippen LogP contribution is 2.21. The van der Waals surface area contributed by atoms with E-state index in [0.29, 0.717) is 27.6 Å². The minimum atomic E-state index is 0.545. The molecule has 0 aliphatic rings. The van der Waals surface area contributed by atoms with Gasteiger partial charge in [-0.15, -0.1) is 0 Å². The number of H-pyrrole nitrogens is 1. The summed E-state index contributed by atoms with van der Waals surface area (Å²) in [6, 6.07) is 11.1. The molecule has 1 aromatic carbocycles. The number of aromatic nitrogens is 3. The summed E-state index contributed by atoms with van der Waals surface area (Å²) >= 11 is 5.79. The van der Waals surface area contributed by atoms with E-state index >= 15 is 0 Å².